The molecule has 0 saturated carbocycles. The molecular formula is C19H20N4O2S. The standard InChI is InChI=1S/C19H20N4O2S/c1-12(14-8-10-15(25-3)11-9-14)22-23-18(24)13(2)26-19-20-16-6-4-5-7-17(16)21-19/h4-11,13H,1-3H3,(H,20,21)(H,23,24)/b22-12-/t13-/m0/s1. The molecule has 0 spiro atoms. The molecule has 26 heavy (non-hydrogen) atoms. The lowest BCUT2D eigenvalue weighted by atomic mass is 10.1. The Hall–Kier alpha value is -2.80. The molecule has 2 aromatic carbocycles. The summed E-state index contributed by atoms with van der Waals surface area (Å²) in [5.41, 5.74) is 6.10. The number of para-hydroxylation sites is 2. The number of aromatic nitrogens is 2. The van der Waals surface area contributed by atoms with Gasteiger partial charge in [0.15, 0.2) is 5.16 Å². The molecule has 1 amide bonds. The fraction of sp³-hybridized carbons (Fsp3) is 0.211. The third-order valence-corrected chi connectivity index (χ3v) is 4.85. The number of imidazole rings is 1. The zero-order valence-corrected chi connectivity index (χ0v) is 15.6. The van der Waals surface area contributed by atoms with Crippen LogP contribution in [0.4, 0.5) is 0 Å². The summed E-state index contributed by atoms with van der Waals surface area (Å²) in [7, 11) is 1.62. The van der Waals surface area contributed by atoms with Crippen LogP contribution in [0, 0.1) is 0 Å². The van der Waals surface area contributed by atoms with Crippen LogP contribution in [-0.4, -0.2) is 33.9 Å². The van der Waals surface area contributed by atoms with Gasteiger partial charge in [-0.25, -0.2) is 10.4 Å². The Kier molecular flexibility index (Phi) is 5.58. The molecule has 1 atom stereocenters. The molecule has 134 valence electrons. The summed E-state index contributed by atoms with van der Waals surface area (Å²) >= 11 is 1.37. The average Bonchev–Trinajstić information content (AvgIpc) is 3.08. The quantitative estimate of drug-likeness (QED) is 0.396. The van der Waals surface area contributed by atoms with E-state index < -0.39 is 0 Å². The van der Waals surface area contributed by atoms with Crippen molar-refractivity contribution < 1.29 is 9.53 Å². The first-order valence-electron chi connectivity index (χ1n) is 8.17. The van der Waals surface area contributed by atoms with Gasteiger partial charge in [0.05, 0.1) is 29.1 Å². The van der Waals surface area contributed by atoms with Crippen molar-refractivity contribution in [3.8, 4) is 5.75 Å². The van der Waals surface area contributed by atoms with E-state index in [4.69, 9.17) is 4.74 Å². The van der Waals surface area contributed by atoms with Crippen LogP contribution >= 0.6 is 11.8 Å². The number of hydrogen-bond donors (Lipinski definition) is 2. The summed E-state index contributed by atoms with van der Waals surface area (Å²) in [6.07, 6.45) is 0. The molecule has 3 rings (SSSR count). The minimum atomic E-state index is -0.331. The fourth-order valence-electron chi connectivity index (χ4n) is 2.33. The lowest BCUT2D eigenvalue weighted by molar-refractivity contribution is -0.120. The number of nitrogens with one attached hydrogen (secondary N) is 2. The molecule has 6 nitrogen and oxygen atoms in total. The van der Waals surface area contributed by atoms with Gasteiger partial charge in [-0.2, -0.15) is 5.10 Å². The first kappa shape index (κ1) is 18.0. The van der Waals surface area contributed by atoms with Gasteiger partial charge in [-0.3, -0.25) is 4.79 Å². The van der Waals surface area contributed by atoms with Crippen LogP contribution in [0.2, 0.25) is 0 Å². The summed E-state index contributed by atoms with van der Waals surface area (Å²) in [6.45, 7) is 3.67. The summed E-state index contributed by atoms with van der Waals surface area (Å²) in [5.74, 6) is 0.602. The monoisotopic (exact) mass is 368 g/mol. The van der Waals surface area contributed by atoms with Crippen molar-refractivity contribution >= 4 is 34.4 Å². The highest BCUT2D eigenvalue weighted by Gasteiger charge is 2.16. The Bertz CT molecular complexity index is 901. The third-order valence-electron chi connectivity index (χ3n) is 3.87. The molecule has 0 aliphatic heterocycles. The number of hydrogen-bond acceptors (Lipinski definition) is 5. The van der Waals surface area contributed by atoms with Gasteiger partial charge in [-0.15, -0.1) is 0 Å². The Labute approximate surface area is 156 Å². The van der Waals surface area contributed by atoms with Crippen molar-refractivity contribution in [2.45, 2.75) is 24.3 Å². The van der Waals surface area contributed by atoms with Gasteiger partial charge < -0.3 is 9.72 Å². The van der Waals surface area contributed by atoms with Crippen molar-refractivity contribution in [2.75, 3.05) is 7.11 Å². The molecule has 0 aliphatic rings. The topological polar surface area (TPSA) is 79.4 Å². The molecular weight excluding hydrogens is 348 g/mol. The SMILES string of the molecule is COc1ccc(/C(C)=N\NC(=O)[C@H](C)Sc2nc3ccccc3[nH]2)cc1. The van der Waals surface area contributed by atoms with Crippen LogP contribution in [0.1, 0.15) is 19.4 Å². The molecule has 3 aromatic rings. The van der Waals surface area contributed by atoms with Gasteiger partial charge >= 0.3 is 0 Å². The van der Waals surface area contributed by atoms with E-state index in [-0.39, 0.29) is 11.2 Å². The van der Waals surface area contributed by atoms with Gasteiger partial charge in [0.25, 0.3) is 5.91 Å². The largest absolute Gasteiger partial charge is 0.497 e. The van der Waals surface area contributed by atoms with Crippen LogP contribution in [0.25, 0.3) is 11.0 Å². The highest BCUT2D eigenvalue weighted by Crippen LogP contribution is 2.23. The number of benzene rings is 2. The average molecular weight is 368 g/mol. The van der Waals surface area contributed by atoms with E-state index in [1.165, 1.54) is 11.8 Å². The minimum absolute atomic E-state index is 0.177. The lowest BCUT2D eigenvalue weighted by Crippen LogP contribution is -2.27. The number of H-pyrrole nitrogens is 1. The van der Waals surface area contributed by atoms with Gasteiger partial charge in [0.2, 0.25) is 0 Å². The fourth-order valence-corrected chi connectivity index (χ4v) is 3.15. The first-order valence-corrected chi connectivity index (χ1v) is 9.05. The molecule has 1 heterocycles. The molecule has 0 fully saturated rings. The lowest BCUT2D eigenvalue weighted by Gasteiger charge is -2.08. The molecule has 0 bridgehead atoms. The van der Waals surface area contributed by atoms with Crippen molar-refractivity contribution in [1.29, 1.82) is 0 Å². The van der Waals surface area contributed by atoms with Crippen LogP contribution in [-0.2, 0) is 4.79 Å². The van der Waals surface area contributed by atoms with E-state index in [2.05, 4.69) is 20.5 Å². The second-order valence-electron chi connectivity index (χ2n) is 5.72. The number of hydrazone groups is 1. The maximum atomic E-state index is 12.3. The number of ether oxygens (including phenoxy) is 1. The van der Waals surface area contributed by atoms with Gasteiger partial charge in [-0.1, -0.05) is 23.9 Å². The number of thioether (sulfide) groups is 1. The van der Waals surface area contributed by atoms with E-state index in [9.17, 15) is 4.79 Å². The number of aromatic amines is 1. The number of nitrogens with zero attached hydrogens (tertiary/aromatic N) is 2. The van der Waals surface area contributed by atoms with Gasteiger partial charge in [-0.05, 0) is 55.8 Å². The second kappa shape index (κ2) is 8.05. The number of amides is 1. The van der Waals surface area contributed by atoms with E-state index >= 15 is 0 Å². The van der Waals surface area contributed by atoms with E-state index in [0.717, 1.165) is 28.1 Å². The maximum absolute atomic E-state index is 12.3. The van der Waals surface area contributed by atoms with Crippen LogP contribution in [0.15, 0.2) is 58.8 Å². The summed E-state index contributed by atoms with van der Waals surface area (Å²) in [6, 6.07) is 15.3. The highest BCUT2D eigenvalue weighted by atomic mass is 32.2. The van der Waals surface area contributed by atoms with Crippen molar-refractivity contribution in [1.82, 2.24) is 15.4 Å². The Morgan fingerprint density at radius 2 is 1.96 bits per heavy atom. The molecule has 0 saturated heterocycles. The molecule has 0 unspecified atom stereocenters. The number of carbonyl (C=O) groups is 1. The number of methoxy groups -OCH3 is 1. The van der Waals surface area contributed by atoms with Crippen molar-refractivity contribution in [2.24, 2.45) is 5.10 Å². The predicted octanol–water partition coefficient (Wildman–Crippen LogP) is 3.59. The number of fused-ring (bicyclic) bond motifs is 1. The zero-order valence-electron chi connectivity index (χ0n) is 14.8. The number of rotatable bonds is 6. The summed E-state index contributed by atoms with van der Waals surface area (Å²) in [5, 5.41) is 4.57. The summed E-state index contributed by atoms with van der Waals surface area (Å²) in [4.78, 5) is 20.0. The van der Waals surface area contributed by atoms with Gasteiger partial charge in [0.1, 0.15) is 5.75 Å². The normalized spacial score (nSPS) is 12.8. The van der Waals surface area contributed by atoms with Crippen LogP contribution < -0.4 is 10.2 Å². The molecule has 7 heteroatoms. The van der Waals surface area contributed by atoms with E-state index in [1.807, 2.05) is 62.4 Å². The van der Waals surface area contributed by atoms with Crippen molar-refractivity contribution in [3.05, 3.63) is 54.1 Å². The maximum Gasteiger partial charge on any atom is 0.253 e. The molecule has 1 aromatic heterocycles. The second-order valence-corrected chi connectivity index (χ2v) is 7.05. The Morgan fingerprint density at radius 1 is 1.23 bits per heavy atom. The highest BCUT2D eigenvalue weighted by molar-refractivity contribution is 8.00. The van der Waals surface area contributed by atoms with Gasteiger partial charge in [0, 0.05) is 0 Å². The molecule has 2 N–H and O–H groups in total. The van der Waals surface area contributed by atoms with E-state index in [1.54, 1.807) is 7.11 Å². The zero-order chi connectivity index (χ0) is 18.5. The Balaban J connectivity index is 1.60. The number of carbonyl (C=O) groups excluding carboxylic acids is 1. The predicted molar refractivity (Wildman–Crippen MR) is 105 cm³/mol. The Morgan fingerprint density at radius 3 is 2.65 bits per heavy atom. The first-order chi connectivity index (χ1) is 12.6. The van der Waals surface area contributed by atoms with Crippen LogP contribution in [0.5, 0.6) is 5.75 Å². The summed E-state index contributed by atoms with van der Waals surface area (Å²) < 4.78 is 5.14. The smallest absolute Gasteiger partial charge is 0.253 e. The van der Waals surface area contributed by atoms with Crippen LogP contribution in [0.3, 0.4) is 0 Å². The minimum Gasteiger partial charge on any atom is -0.497 e. The third kappa shape index (κ3) is 4.23. The van der Waals surface area contributed by atoms with Crippen molar-refractivity contribution in [3.63, 3.8) is 0 Å². The molecule has 0 aliphatic carbocycles. The van der Waals surface area contributed by atoms with E-state index in [0.29, 0.717) is 5.16 Å². The molecule has 0 radical (unpaired) electrons.